The Kier molecular flexibility index (Phi) is 4.22. The van der Waals surface area contributed by atoms with Gasteiger partial charge in [0.15, 0.2) is 0 Å². The fraction of sp³-hybridized carbons (Fsp3) is 0.333. The van der Waals surface area contributed by atoms with Crippen LogP contribution in [0.4, 0.5) is 5.95 Å². The fourth-order valence-electron chi connectivity index (χ4n) is 3.33. The predicted octanol–water partition coefficient (Wildman–Crippen LogP) is 3.54. The van der Waals surface area contributed by atoms with Crippen LogP contribution in [-0.4, -0.2) is 33.6 Å². The second kappa shape index (κ2) is 6.30. The average molecular weight is 392 g/mol. The number of H-pyrrole nitrogens is 2. The van der Waals surface area contributed by atoms with E-state index in [1.807, 2.05) is 6.07 Å². The Morgan fingerprint density at radius 3 is 2.69 bits per heavy atom. The van der Waals surface area contributed by atoms with Crippen LogP contribution >= 0.6 is 23.2 Å². The van der Waals surface area contributed by atoms with Crippen molar-refractivity contribution < 1.29 is 0 Å². The molecule has 6 nitrogen and oxygen atoms in total. The molecule has 0 unspecified atom stereocenters. The van der Waals surface area contributed by atoms with Gasteiger partial charge in [0.1, 0.15) is 5.65 Å². The highest BCUT2D eigenvalue weighted by Gasteiger charge is 2.27. The molecule has 0 saturated carbocycles. The second-order valence-corrected chi connectivity index (χ2v) is 7.84. The van der Waals surface area contributed by atoms with Crippen molar-refractivity contribution in [2.24, 2.45) is 5.73 Å². The van der Waals surface area contributed by atoms with Crippen molar-refractivity contribution in [2.75, 3.05) is 18.0 Å². The van der Waals surface area contributed by atoms with Crippen LogP contribution in [0.15, 0.2) is 29.2 Å². The van der Waals surface area contributed by atoms with Gasteiger partial charge < -0.3 is 15.6 Å². The minimum atomic E-state index is -0.210. The van der Waals surface area contributed by atoms with Crippen molar-refractivity contribution in [2.45, 2.75) is 25.3 Å². The molecule has 0 aliphatic carbocycles. The largest absolute Gasteiger partial charge is 0.345 e. The van der Waals surface area contributed by atoms with Crippen LogP contribution in [0.2, 0.25) is 10.0 Å². The zero-order chi connectivity index (χ0) is 18.5. The first-order valence-electron chi connectivity index (χ1n) is 8.45. The molecule has 0 bridgehead atoms. The molecule has 26 heavy (non-hydrogen) atoms. The third-order valence-corrected chi connectivity index (χ3v) is 5.80. The standard InChI is InChI=1S/C18H19Cl2N5O/c1-18(21)5-7-25(8-6-18)17-23-15-13(16(26)24-17)11(9-22-15)10-3-2-4-12(19)14(10)20/h2-4,9H,5-8,21H2,1H3,(H2,22,23,24,26). The number of anilines is 1. The van der Waals surface area contributed by atoms with Gasteiger partial charge in [-0.05, 0) is 25.8 Å². The number of rotatable bonds is 2. The first-order valence-corrected chi connectivity index (χ1v) is 9.21. The maximum absolute atomic E-state index is 12.8. The van der Waals surface area contributed by atoms with Gasteiger partial charge in [-0.2, -0.15) is 4.98 Å². The molecule has 8 heteroatoms. The smallest absolute Gasteiger partial charge is 0.262 e. The lowest BCUT2D eigenvalue weighted by Gasteiger charge is -2.36. The van der Waals surface area contributed by atoms with E-state index in [-0.39, 0.29) is 11.1 Å². The number of hydrogen-bond donors (Lipinski definition) is 3. The van der Waals surface area contributed by atoms with Gasteiger partial charge in [-0.1, -0.05) is 35.3 Å². The number of nitrogens with one attached hydrogen (secondary N) is 2. The molecule has 136 valence electrons. The van der Waals surface area contributed by atoms with E-state index in [1.54, 1.807) is 18.3 Å². The van der Waals surface area contributed by atoms with E-state index in [0.717, 1.165) is 25.9 Å². The highest BCUT2D eigenvalue weighted by atomic mass is 35.5. The molecule has 0 atom stereocenters. The van der Waals surface area contributed by atoms with Crippen molar-refractivity contribution in [3.8, 4) is 11.1 Å². The zero-order valence-electron chi connectivity index (χ0n) is 14.3. The number of piperidine rings is 1. The molecule has 4 rings (SSSR count). The molecule has 1 fully saturated rings. The molecule has 0 amide bonds. The Morgan fingerprint density at radius 2 is 1.96 bits per heavy atom. The number of fused-ring (bicyclic) bond motifs is 1. The Balaban J connectivity index is 1.77. The Morgan fingerprint density at radius 1 is 1.23 bits per heavy atom. The molecule has 3 heterocycles. The van der Waals surface area contributed by atoms with Gasteiger partial charge in [0.2, 0.25) is 5.95 Å². The van der Waals surface area contributed by atoms with E-state index < -0.39 is 0 Å². The predicted molar refractivity (Wildman–Crippen MR) is 106 cm³/mol. The molecule has 4 N–H and O–H groups in total. The number of benzene rings is 1. The summed E-state index contributed by atoms with van der Waals surface area (Å²) in [6.45, 7) is 3.57. The lowest BCUT2D eigenvalue weighted by atomic mass is 9.91. The Labute approximate surface area is 160 Å². The summed E-state index contributed by atoms with van der Waals surface area (Å²) in [6, 6.07) is 5.34. The minimum absolute atomic E-state index is 0.163. The first-order chi connectivity index (χ1) is 12.4. The fourth-order valence-corrected chi connectivity index (χ4v) is 3.73. The first kappa shape index (κ1) is 17.4. The van der Waals surface area contributed by atoms with Crippen LogP contribution in [0.25, 0.3) is 22.2 Å². The van der Waals surface area contributed by atoms with Gasteiger partial charge in [-0.3, -0.25) is 9.78 Å². The molecule has 1 aliphatic heterocycles. The number of nitrogens with two attached hydrogens (primary N) is 1. The molecular weight excluding hydrogens is 373 g/mol. The molecule has 2 aromatic heterocycles. The molecular formula is C18H19Cl2N5O. The minimum Gasteiger partial charge on any atom is -0.345 e. The Bertz CT molecular complexity index is 1030. The molecule has 1 aromatic carbocycles. The van der Waals surface area contributed by atoms with E-state index in [1.165, 1.54) is 0 Å². The summed E-state index contributed by atoms with van der Waals surface area (Å²) in [7, 11) is 0. The lowest BCUT2D eigenvalue weighted by Crippen LogP contribution is -2.48. The van der Waals surface area contributed by atoms with Crippen LogP contribution in [0, 0.1) is 0 Å². The van der Waals surface area contributed by atoms with E-state index in [4.69, 9.17) is 28.9 Å². The van der Waals surface area contributed by atoms with Crippen molar-refractivity contribution in [3.05, 3.63) is 44.8 Å². The molecule has 1 saturated heterocycles. The number of aromatic nitrogens is 3. The molecule has 3 aromatic rings. The Hall–Kier alpha value is -2.02. The summed E-state index contributed by atoms with van der Waals surface area (Å²) in [4.78, 5) is 25.4. The number of hydrogen-bond acceptors (Lipinski definition) is 4. The van der Waals surface area contributed by atoms with E-state index in [9.17, 15) is 4.79 Å². The topological polar surface area (TPSA) is 90.8 Å². The van der Waals surface area contributed by atoms with Crippen molar-refractivity contribution >= 4 is 40.2 Å². The lowest BCUT2D eigenvalue weighted by molar-refractivity contribution is 0.362. The highest BCUT2D eigenvalue weighted by molar-refractivity contribution is 6.43. The van der Waals surface area contributed by atoms with Crippen molar-refractivity contribution in [3.63, 3.8) is 0 Å². The van der Waals surface area contributed by atoms with Crippen LogP contribution in [0.1, 0.15) is 19.8 Å². The highest BCUT2D eigenvalue weighted by Crippen LogP contribution is 2.36. The molecule has 0 spiro atoms. The zero-order valence-corrected chi connectivity index (χ0v) is 15.8. The SMILES string of the molecule is CC1(N)CCN(c2nc3[nH]cc(-c4cccc(Cl)c4Cl)c3c(=O)[nH]2)CC1. The van der Waals surface area contributed by atoms with Gasteiger partial charge in [0.05, 0.1) is 15.4 Å². The van der Waals surface area contributed by atoms with Gasteiger partial charge in [0.25, 0.3) is 5.56 Å². The summed E-state index contributed by atoms with van der Waals surface area (Å²) in [6.07, 6.45) is 3.44. The van der Waals surface area contributed by atoms with Crippen LogP contribution < -0.4 is 16.2 Å². The maximum Gasteiger partial charge on any atom is 0.262 e. The summed E-state index contributed by atoms with van der Waals surface area (Å²) in [5, 5.41) is 1.33. The molecule has 1 aliphatic rings. The second-order valence-electron chi connectivity index (χ2n) is 7.06. The number of nitrogens with zero attached hydrogens (tertiary/aromatic N) is 2. The third kappa shape index (κ3) is 2.98. The van der Waals surface area contributed by atoms with Gasteiger partial charge in [-0.15, -0.1) is 0 Å². The van der Waals surface area contributed by atoms with Crippen LogP contribution in [0.3, 0.4) is 0 Å². The van der Waals surface area contributed by atoms with Gasteiger partial charge in [0, 0.05) is 36.0 Å². The van der Waals surface area contributed by atoms with Gasteiger partial charge >= 0.3 is 0 Å². The maximum atomic E-state index is 12.8. The number of halogens is 2. The normalized spacial score (nSPS) is 17.0. The summed E-state index contributed by atoms with van der Waals surface area (Å²) in [5.41, 5.74) is 7.71. The van der Waals surface area contributed by atoms with E-state index >= 15 is 0 Å². The van der Waals surface area contributed by atoms with Crippen molar-refractivity contribution in [1.82, 2.24) is 15.0 Å². The quantitative estimate of drug-likeness (QED) is 0.622. The average Bonchev–Trinajstić information content (AvgIpc) is 3.01. The summed E-state index contributed by atoms with van der Waals surface area (Å²) < 4.78 is 0. The monoisotopic (exact) mass is 391 g/mol. The van der Waals surface area contributed by atoms with Crippen LogP contribution in [-0.2, 0) is 0 Å². The summed E-state index contributed by atoms with van der Waals surface area (Å²) >= 11 is 12.4. The molecule has 0 radical (unpaired) electrons. The number of aromatic amines is 2. The van der Waals surface area contributed by atoms with Gasteiger partial charge in [-0.25, -0.2) is 0 Å². The summed E-state index contributed by atoms with van der Waals surface area (Å²) in [5.74, 6) is 0.559. The third-order valence-electron chi connectivity index (χ3n) is 4.98. The van der Waals surface area contributed by atoms with Crippen molar-refractivity contribution in [1.29, 1.82) is 0 Å². The van der Waals surface area contributed by atoms with E-state index in [2.05, 4.69) is 26.8 Å². The van der Waals surface area contributed by atoms with Crippen LogP contribution in [0.5, 0.6) is 0 Å². The van der Waals surface area contributed by atoms with E-state index in [0.29, 0.717) is 38.2 Å².